The molecule has 1 saturated heterocycles. The molecular formula is C16H20N4O2. The monoisotopic (exact) mass is 300 g/mol. The predicted octanol–water partition coefficient (Wildman–Crippen LogP) is 1.76. The maximum Gasteiger partial charge on any atom is 0.255 e. The smallest absolute Gasteiger partial charge is 0.255 e. The summed E-state index contributed by atoms with van der Waals surface area (Å²) in [6.45, 7) is 2.90. The van der Waals surface area contributed by atoms with E-state index in [0.717, 1.165) is 18.8 Å². The van der Waals surface area contributed by atoms with E-state index < -0.39 is 0 Å². The highest BCUT2D eigenvalue weighted by Crippen LogP contribution is 2.40. The summed E-state index contributed by atoms with van der Waals surface area (Å²) in [6, 6.07) is 3.67. The molecule has 0 aromatic carbocycles. The number of fused-ring (bicyclic) bond motifs is 1. The molecule has 0 unspecified atom stereocenters. The van der Waals surface area contributed by atoms with Gasteiger partial charge in [-0.25, -0.2) is 0 Å². The van der Waals surface area contributed by atoms with Gasteiger partial charge in [-0.05, 0) is 25.0 Å². The lowest BCUT2D eigenvalue weighted by molar-refractivity contribution is 0.0644. The molecule has 22 heavy (non-hydrogen) atoms. The summed E-state index contributed by atoms with van der Waals surface area (Å²) in [5, 5.41) is 7.83. The van der Waals surface area contributed by atoms with E-state index >= 15 is 0 Å². The Morgan fingerprint density at radius 2 is 2.14 bits per heavy atom. The Bertz CT molecular complexity index is 690. The Kier molecular flexibility index (Phi) is 3.33. The fourth-order valence-corrected chi connectivity index (χ4v) is 3.73. The van der Waals surface area contributed by atoms with E-state index in [0.29, 0.717) is 18.7 Å². The van der Waals surface area contributed by atoms with E-state index in [4.69, 9.17) is 4.74 Å². The summed E-state index contributed by atoms with van der Waals surface area (Å²) in [7, 11) is 0. The maximum absolute atomic E-state index is 12.9. The van der Waals surface area contributed by atoms with Crippen molar-refractivity contribution < 1.29 is 9.53 Å². The SMILES string of the molecule is O=C(c1ccc2nncn2c1)N1CCOCC2(CCCC2)C1. The highest BCUT2D eigenvalue weighted by atomic mass is 16.5. The maximum atomic E-state index is 12.9. The lowest BCUT2D eigenvalue weighted by atomic mass is 9.86. The molecule has 4 rings (SSSR count). The Labute approximate surface area is 129 Å². The predicted molar refractivity (Wildman–Crippen MR) is 80.6 cm³/mol. The third-order valence-electron chi connectivity index (χ3n) is 4.93. The number of nitrogens with zero attached hydrogens (tertiary/aromatic N) is 4. The molecule has 0 bridgehead atoms. The van der Waals surface area contributed by atoms with Gasteiger partial charge in [-0.1, -0.05) is 12.8 Å². The molecule has 2 aliphatic rings. The lowest BCUT2D eigenvalue weighted by Crippen LogP contribution is -2.40. The number of carbonyl (C=O) groups excluding carboxylic acids is 1. The van der Waals surface area contributed by atoms with Crippen LogP contribution >= 0.6 is 0 Å². The van der Waals surface area contributed by atoms with Crippen molar-refractivity contribution in [1.82, 2.24) is 19.5 Å². The first-order chi connectivity index (χ1) is 10.8. The molecule has 6 heteroatoms. The molecule has 0 atom stereocenters. The number of rotatable bonds is 1. The Morgan fingerprint density at radius 1 is 1.27 bits per heavy atom. The average molecular weight is 300 g/mol. The van der Waals surface area contributed by atoms with Gasteiger partial charge in [0.25, 0.3) is 5.91 Å². The number of carbonyl (C=O) groups is 1. The zero-order chi connectivity index (χ0) is 15.0. The molecule has 1 aliphatic carbocycles. The Balaban J connectivity index is 1.60. The van der Waals surface area contributed by atoms with Gasteiger partial charge in [0.05, 0.1) is 18.8 Å². The van der Waals surface area contributed by atoms with Crippen molar-refractivity contribution in [1.29, 1.82) is 0 Å². The van der Waals surface area contributed by atoms with Crippen molar-refractivity contribution in [2.24, 2.45) is 5.41 Å². The van der Waals surface area contributed by atoms with E-state index in [-0.39, 0.29) is 11.3 Å². The summed E-state index contributed by atoms with van der Waals surface area (Å²) in [4.78, 5) is 14.8. The minimum Gasteiger partial charge on any atom is -0.379 e. The van der Waals surface area contributed by atoms with Crippen LogP contribution in [0.2, 0.25) is 0 Å². The Morgan fingerprint density at radius 3 is 3.00 bits per heavy atom. The second-order valence-corrected chi connectivity index (χ2v) is 6.50. The molecule has 116 valence electrons. The van der Waals surface area contributed by atoms with Crippen LogP contribution in [0, 0.1) is 5.41 Å². The van der Waals surface area contributed by atoms with E-state index in [9.17, 15) is 4.79 Å². The fourth-order valence-electron chi connectivity index (χ4n) is 3.73. The Hall–Kier alpha value is -1.95. The molecule has 2 aromatic rings. The van der Waals surface area contributed by atoms with Crippen LogP contribution in [0.25, 0.3) is 5.65 Å². The second kappa shape index (κ2) is 5.35. The summed E-state index contributed by atoms with van der Waals surface area (Å²) >= 11 is 0. The average Bonchev–Trinajstić information content (AvgIpc) is 3.13. The summed E-state index contributed by atoms with van der Waals surface area (Å²) in [5.41, 5.74) is 1.61. The van der Waals surface area contributed by atoms with Gasteiger partial charge >= 0.3 is 0 Å². The van der Waals surface area contributed by atoms with E-state index in [2.05, 4.69) is 10.2 Å². The zero-order valence-corrected chi connectivity index (χ0v) is 12.6. The fraction of sp³-hybridized carbons (Fsp3) is 0.562. The highest BCUT2D eigenvalue weighted by molar-refractivity contribution is 5.94. The molecule has 1 saturated carbocycles. The first kappa shape index (κ1) is 13.7. The first-order valence-electron chi connectivity index (χ1n) is 7.92. The number of hydrogen-bond donors (Lipinski definition) is 0. The van der Waals surface area contributed by atoms with Crippen molar-refractivity contribution in [3.05, 3.63) is 30.2 Å². The third-order valence-corrected chi connectivity index (χ3v) is 4.93. The molecule has 1 amide bonds. The standard InChI is InChI=1S/C16H20N4O2/c21-15(13-3-4-14-18-17-12-20(14)9-13)19-7-8-22-11-16(10-19)5-1-2-6-16/h3-4,9,12H,1-2,5-8,10-11H2. The number of pyridine rings is 1. The van der Waals surface area contributed by atoms with Crippen LogP contribution in [0.15, 0.2) is 24.7 Å². The number of hydrogen-bond acceptors (Lipinski definition) is 4. The quantitative estimate of drug-likeness (QED) is 0.805. The van der Waals surface area contributed by atoms with Crippen molar-refractivity contribution in [2.75, 3.05) is 26.3 Å². The van der Waals surface area contributed by atoms with Crippen LogP contribution in [0.5, 0.6) is 0 Å². The van der Waals surface area contributed by atoms with Gasteiger partial charge in [-0.2, -0.15) is 0 Å². The van der Waals surface area contributed by atoms with Crippen molar-refractivity contribution in [3.63, 3.8) is 0 Å². The molecule has 1 aliphatic heterocycles. The van der Waals surface area contributed by atoms with Crippen molar-refractivity contribution in [3.8, 4) is 0 Å². The molecule has 2 aromatic heterocycles. The lowest BCUT2D eigenvalue weighted by Gasteiger charge is -2.31. The van der Waals surface area contributed by atoms with E-state index in [1.54, 1.807) is 10.7 Å². The van der Waals surface area contributed by atoms with Crippen LogP contribution in [0.1, 0.15) is 36.0 Å². The molecule has 1 spiro atoms. The molecule has 0 radical (unpaired) electrons. The number of aromatic nitrogens is 3. The number of amides is 1. The van der Waals surface area contributed by atoms with Gasteiger partial charge in [0.2, 0.25) is 0 Å². The van der Waals surface area contributed by atoms with Gasteiger partial charge in [0.15, 0.2) is 5.65 Å². The minimum atomic E-state index is 0.0763. The normalized spacial score (nSPS) is 21.4. The van der Waals surface area contributed by atoms with E-state index in [1.807, 2.05) is 23.2 Å². The molecule has 3 heterocycles. The minimum absolute atomic E-state index is 0.0763. The van der Waals surface area contributed by atoms with E-state index in [1.165, 1.54) is 25.7 Å². The molecular weight excluding hydrogens is 280 g/mol. The van der Waals surface area contributed by atoms with Crippen LogP contribution in [0.3, 0.4) is 0 Å². The van der Waals surface area contributed by atoms with Gasteiger partial charge in [0, 0.05) is 24.7 Å². The van der Waals surface area contributed by atoms with Crippen LogP contribution in [-0.2, 0) is 4.74 Å². The van der Waals surface area contributed by atoms with Crippen molar-refractivity contribution in [2.45, 2.75) is 25.7 Å². The first-order valence-corrected chi connectivity index (χ1v) is 7.92. The van der Waals surface area contributed by atoms with Gasteiger partial charge in [-0.15, -0.1) is 10.2 Å². The van der Waals surface area contributed by atoms with Crippen LogP contribution in [0.4, 0.5) is 0 Å². The molecule has 2 fully saturated rings. The van der Waals surface area contributed by atoms with Crippen LogP contribution < -0.4 is 0 Å². The summed E-state index contributed by atoms with van der Waals surface area (Å²) in [5.74, 6) is 0.0763. The second-order valence-electron chi connectivity index (χ2n) is 6.50. The van der Waals surface area contributed by atoms with Gasteiger partial charge in [0.1, 0.15) is 6.33 Å². The zero-order valence-electron chi connectivity index (χ0n) is 12.6. The largest absolute Gasteiger partial charge is 0.379 e. The van der Waals surface area contributed by atoms with Crippen LogP contribution in [-0.4, -0.2) is 51.7 Å². The highest BCUT2D eigenvalue weighted by Gasteiger charge is 2.38. The van der Waals surface area contributed by atoms with Gasteiger partial charge in [-0.3, -0.25) is 9.20 Å². The molecule has 6 nitrogen and oxygen atoms in total. The third kappa shape index (κ3) is 2.37. The van der Waals surface area contributed by atoms with Crippen molar-refractivity contribution >= 4 is 11.6 Å². The van der Waals surface area contributed by atoms with Gasteiger partial charge < -0.3 is 9.64 Å². The summed E-state index contributed by atoms with van der Waals surface area (Å²) in [6.07, 6.45) is 8.26. The number of ether oxygens (including phenoxy) is 1. The molecule has 0 N–H and O–H groups in total. The summed E-state index contributed by atoms with van der Waals surface area (Å²) < 4.78 is 7.57. The topological polar surface area (TPSA) is 59.7 Å².